The zero-order valence-electron chi connectivity index (χ0n) is 23.7. The highest BCUT2D eigenvalue weighted by atomic mass is 32.2. The second-order valence-electron chi connectivity index (χ2n) is 10.8. The molecule has 0 fully saturated rings. The van der Waals surface area contributed by atoms with Crippen LogP contribution < -0.4 is 9.62 Å². The van der Waals surface area contributed by atoms with Crippen LogP contribution in [0.4, 0.5) is 10.1 Å². The fourth-order valence-corrected chi connectivity index (χ4v) is 7.19. The fourth-order valence-electron chi connectivity index (χ4n) is 5.44. The first-order chi connectivity index (χ1) is 20.1. The standard InChI is InChI=1S/C33H34FN3O4S/c1-23(2)35-33(39)29(21-24-9-4-3-5-10-24)36(22-25-16-18-27(34)19-17-25)31(38)15-8-20-37-28-13-6-11-26-12-7-14-30(32(26)28)42(37,40)41/h3-7,9-14,16-19,23,29H,8,15,20-22H2,1-2H3,(H,35,39). The molecule has 218 valence electrons. The second-order valence-corrected chi connectivity index (χ2v) is 12.7. The summed E-state index contributed by atoms with van der Waals surface area (Å²) in [6, 6.07) is 25.1. The maximum Gasteiger partial charge on any atom is 0.265 e. The van der Waals surface area contributed by atoms with Gasteiger partial charge in [-0.1, -0.05) is 66.7 Å². The van der Waals surface area contributed by atoms with E-state index < -0.39 is 21.9 Å². The number of carbonyl (C=O) groups excluding carboxylic acids is 2. The molecule has 0 spiro atoms. The summed E-state index contributed by atoms with van der Waals surface area (Å²) in [7, 11) is -3.74. The predicted molar refractivity (Wildman–Crippen MR) is 162 cm³/mol. The minimum atomic E-state index is -3.74. The number of nitrogens with zero attached hydrogens (tertiary/aromatic N) is 2. The predicted octanol–water partition coefficient (Wildman–Crippen LogP) is 5.43. The third kappa shape index (κ3) is 6.16. The van der Waals surface area contributed by atoms with Gasteiger partial charge < -0.3 is 10.2 Å². The molecule has 0 saturated carbocycles. The van der Waals surface area contributed by atoms with Crippen molar-refractivity contribution in [3.05, 3.63) is 108 Å². The first kappa shape index (κ1) is 29.3. The number of rotatable bonds is 11. The zero-order chi connectivity index (χ0) is 29.9. The highest BCUT2D eigenvalue weighted by molar-refractivity contribution is 7.93. The summed E-state index contributed by atoms with van der Waals surface area (Å²) in [6.07, 6.45) is 0.580. The molecule has 2 amide bonds. The summed E-state index contributed by atoms with van der Waals surface area (Å²) >= 11 is 0. The van der Waals surface area contributed by atoms with Crippen molar-refractivity contribution in [1.82, 2.24) is 10.2 Å². The van der Waals surface area contributed by atoms with Crippen LogP contribution in [0.3, 0.4) is 0 Å². The molecule has 4 aromatic carbocycles. The van der Waals surface area contributed by atoms with E-state index in [-0.39, 0.29) is 48.7 Å². The number of nitrogens with one attached hydrogen (secondary N) is 1. The Morgan fingerprint density at radius 3 is 2.26 bits per heavy atom. The summed E-state index contributed by atoms with van der Waals surface area (Å²) in [5.41, 5.74) is 2.19. The van der Waals surface area contributed by atoms with E-state index in [1.54, 1.807) is 30.3 Å². The van der Waals surface area contributed by atoms with Gasteiger partial charge in [-0.3, -0.25) is 13.9 Å². The number of sulfonamides is 1. The van der Waals surface area contributed by atoms with Gasteiger partial charge in [-0.05, 0) is 61.0 Å². The second kappa shape index (κ2) is 12.3. The van der Waals surface area contributed by atoms with Crippen LogP contribution in [0.1, 0.15) is 37.8 Å². The number of anilines is 1. The summed E-state index contributed by atoms with van der Waals surface area (Å²) in [6.45, 7) is 3.94. The summed E-state index contributed by atoms with van der Waals surface area (Å²) < 4.78 is 41.8. The van der Waals surface area contributed by atoms with E-state index in [1.807, 2.05) is 62.4 Å². The van der Waals surface area contributed by atoms with Gasteiger partial charge in [0.25, 0.3) is 10.0 Å². The summed E-state index contributed by atoms with van der Waals surface area (Å²) in [5, 5.41) is 4.48. The molecule has 7 nitrogen and oxygen atoms in total. The van der Waals surface area contributed by atoms with Crippen molar-refractivity contribution in [2.75, 3.05) is 10.8 Å². The number of carbonyl (C=O) groups is 2. The van der Waals surface area contributed by atoms with Gasteiger partial charge in [-0.25, -0.2) is 12.8 Å². The molecule has 4 aromatic rings. The molecular weight excluding hydrogens is 553 g/mol. The first-order valence-electron chi connectivity index (χ1n) is 14.1. The average Bonchev–Trinajstić information content (AvgIpc) is 3.19. The molecular formula is C33H34FN3O4S. The van der Waals surface area contributed by atoms with Gasteiger partial charge in [-0.2, -0.15) is 0 Å². The highest BCUT2D eigenvalue weighted by Crippen LogP contribution is 2.42. The Kier molecular flexibility index (Phi) is 8.59. The van der Waals surface area contributed by atoms with Gasteiger partial charge in [0, 0.05) is 37.4 Å². The van der Waals surface area contributed by atoms with Gasteiger partial charge in [0.2, 0.25) is 11.8 Å². The van der Waals surface area contributed by atoms with Gasteiger partial charge in [0.05, 0.1) is 10.6 Å². The normalized spacial score (nSPS) is 14.2. The highest BCUT2D eigenvalue weighted by Gasteiger charge is 2.36. The van der Waals surface area contributed by atoms with Gasteiger partial charge in [0.1, 0.15) is 11.9 Å². The van der Waals surface area contributed by atoms with Crippen LogP contribution in [0.2, 0.25) is 0 Å². The first-order valence-corrected chi connectivity index (χ1v) is 15.5. The lowest BCUT2D eigenvalue weighted by molar-refractivity contribution is -0.141. The van der Waals surface area contributed by atoms with Crippen LogP contribution >= 0.6 is 0 Å². The van der Waals surface area contributed by atoms with Gasteiger partial charge in [-0.15, -0.1) is 0 Å². The van der Waals surface area contributed by atoms with E-state index in [1.165, 1.54) is 21.3 Å². The molecule has 1 N–H and O–H groups in total. The molecule has 5 rings (SSSR count). The third-order valence-electron chi connectivity index (χ3n) is 7.40. The lowest BCUT2D eigenvalue weighted by atomic mass is 10.0. The minimum absolute atomic E-state index is 0.0276. The molecule has 1 atom stereocenters. The van der Waals surface area contributed by atoms with Crippen molar-refractivity contribution in [3.8, 4) is 0 Å². The lowest BCUT2D eigenvalue weighted by Crippen LogP contribution is -2.51. The molecule has 1 unspecified atom stereocenters. The monoisotopic (exact) mass is 587 g/mol. The maximum atomic E-state index is 13.9. The Morgan fingerprint density at radius 2 is 1.57 bits per heavy atom. The third-order valence-corrected chi connectivity index (χ3v) is 9.26. The van der Waals surface area contributed by atoms with Crippen molar-refractivity contribution in [1.29, 1.82) is 0 Å². The number of halogens is 1. The van der Waals surface area contributed by atoms with Crippen molar-refractivity contribution < 1.29 is 22.4 Å². The number of amides is 2. The zero-order valence-corrected chi connectivity index (χ0v) is 24.5. The topological polar surface area (TPSA) is 86.8 Å². The molecule has 42 heavy (non-hydrogen) atoms. The van der Waals surface area contributed by atoms with E-state index in [9.17, 15) is 22.4 Å². The largest absolute Gasteiger partial charge is 0.352 e. The molecule has 0 radical (unpaired) electrons. The van der Waals surface area contributed by atoms with Crippen molar-refractivity contribution in [3.63, 3.8) is 0 Å². The van der Waals surface area contributed by atoms with Crippen LogP contribution in [0.15, 0.2) is 95.9 Å². The molecule has 0 aliphatic carbocycles. The molecule has 0 saturated heterocycles. The SMILES string of the molecule is CC(C)NC(=O)C(Cc1ccccc1)N(Cc1ccc(F)cc1)C(=O)CCCN1c2cccc3cccc(c23)S1(=O)=O. The van der Waals surface area contributed by atoms with Gasteiger partial charge in [0.15, 0.2) is 0 Å². The van der Waals surface area contributed by atoms with E-state index >= 15 is 0 Å². The average molecular weight is 588 g/mol. The quantitative estimate of drug-likeness (QED) is 0.254. The van der Waals surface area contributed by atoms with Crippen LogP contribution in [0.5, 0.6) is 0 Å². The van der Waals surface area contributed by atoms with Crippen molar-refractivity contribution in [2.45, 2.75) is 56.6 Å². The van der Waals surface area contributed by atoms with Crippen LogP contribution in [-0.4, -0.2) is 43.8 Å². The van der Waals surface area contributed by atoms with Crippen molar-refractivity contribution in [2.24, 2.45) is 0 Å². The van der Waals surface area contributed by atoms with Crippen LogP contribution in [0.25, 0.3) is 10.8 Å². The Balaban J connectivity index is 1.39. The Hall–Kier alpha value is -4.24. The number of hydrogen-bond donors (Lipinski definition) is 1. The number of benzene rings is 4. The van der Waals surface area contributed by atoms with E-state index in [0.29, 0.717) is 23.1 Å². The fraction of sp³-hybridized carbons (Fsp3) is 0.273. The molecule has 0 bridgehead atoms. The van der Waals surface area contributed by atoms with E-state index in [4.69, 9.17) is 0 Å². The van der Waals surface area contributed by atoms with E-state index in [0.717, 1.165) is 10.9 Å². The Bertz CT molecular complexity index is 1690. The molecule has 9 heteroatoms. The molecule has 1 aliphatic heterocycles. The molecule has 1 heterocycles. The number of hydrogen-bond acceptors (Lipinski definition) is 4. The van der Waals surface area contributed by atoms with Gasteiger partial charge >= 0.3 is 0 Å². The summed E-state index contributed by atoms with van der Waals surface area (Å²) in [4.78, 5) is 29.2. The van der Waals surface area contributed by atoms with Crippen molar-refractivity contribution >= 4 is 38.3 Å². The van der Waals surface area contributed by atoms with Crippen LogP contribution in [0, 0.1) is 5.82 Å². The molecule has 1 aliphatic rings. The maximum absolute atomic E-state index is 13.9. The smallest absolute Gasteiger partial charge is 0.265 e. The Labute approximate surface area is 246 Å². The summed E-state index contributed by atoms with van der Waals surface area (Å²) in [5.74, 6) is -0.960. The molecule has 0 aromatic heterocycles. The van der Waals surface area contributed by atoms with E-state index in [2.05, 4.69) is 5.32 Å². The van der Waals surface area contributed by atoms with Crippen LogP contribution in [-0.2, 0) is 32.6 Å². The lowest BCUT2D eigenvalue weighted by Gasteiger charge is -2.32. The Morgan fingerprint density at radius 1 is 0.881 bits per heavy atom. The minimum Gasteiger partial charge on any atom is -0.352 e.